The summed E-state index contributed by atoms with van der Waals surface area (Å²) in [4.78, 5) is 17.0. The zero-order valence-corrected chi connectivity index (χ0v) is 17.4. The predicted molar refractivity (Wildman–Crippen MR) is 114 cm³/mol. The number of rotatable bonds is 5. The highest BCUT2D eigenvalue weighted by Gasteiger charge is 2.35. The largest absolute Gasteiger partial charge is 0.493 e. The van der Waals surface area contributed by atoms with E-state index in [1.54, 1.807) is 44.0 Å². The van der Waals surface area contributed by atoms with Crippen LogP contribution in [-0.2, 0) is 4.79 Å². The fourth-order valence-electron chi connectivity index (χ4n) is 3.63. The minimum absolute atomic E-state index is 0.358. The van der Waals surface area contributed by atoms with Crippen LogP contribution in [0, 0.1) is 0 Å². The number of aromatic nitrogens is 3. The third kappa shape index (κ3) is 3.25. The third-order valence-corrected chi connectivity index (χ3v) is 5.16. The van der Waals surface area contributed by atoms with E-state index in [-0.39, 0.29) is 0 Å². The highest BCUT2D eigenvalue weighted by molar-refractivity contribution is 6.30. The number of nitrogens with two attached hydrogens (primary N) is 1. The molecule has 1 amide bonds. The standard InChI is InChI=1S/C21H20ClN5O3/c1-11-16(19(23)28)17(14-8-5-9-15(29-2)18(14)30-3)27-21(24-11)25-20(26-27)12-6-4-7-13(22)10-12/h4-10,17H,1-3H3,(H2,23,28)(H,24,25,26)/t17-/m1/s1. The van der Waals surface area contributed by atoms with Gasteiger partial charge in [0.15, 0.2) is 17.3 Å². The third-order valence-electron chi connectivity index (χ3n) is 4.93. The van der Waals surface area contributed by atoms with Gasteiger partial charge in [-0.3, -0.25) is 4.79 Å². The van der Waals surface area contributed by atoms with Crippen molar-refractivity contribution in [3.63, 3.8) is 0 Å². The van der Waals surface area contributed by atoms with Crippen LogP contribution in [0.1, 0.15) is 18.5 Å². The number of hydrogen-bond donors (Lipinski definition) is 2. The summed E-state index contributed by atoms with van der Waals surface area (Å²) in [7, 11) is 3.10. The number of anilines is 1. The molecule has 3 N–H and O–H groups in total. The van der Waals surface area contributed by atoms with E-state index < -0.39 is 11.9 Å². The minimum Gasteiger partial charge on any atom is -0.493 e. The average molecular weight is 426 g/mol. The molecule has 1 aromatic heterocycles. The normalized spacial score (nSPS) is 15.4. The number of nitrogens with one attached hydrogen (secondary N) is 1. The topological polar surface area (TPSA) is 104 Å². The average Bonchev–Trinajstić information content (AvgIpc) is 3.15. The van der Waals surface area contributed by atoms with Crippen molar-refractivity contribution in [2.24, 2.45) is 5.73 Å². The van der Waals surface area contributed by atoms with Crippen molar-refractivity contribution in [1.29, 1.82) is 0 Å². The molecule has 0 radical (unpaired) electrons. The van der Waals surface area contributed by atoms with Crippen LogP contribution >= 0.6 is 11.6 Å². The fourth-order valence-corrected chi connectivity index (χ4v) is 3.83. The smallest absolute Gasteiger partial charge is 0.248 e. The quantitative estimate of drug-likeness (QED) is 0.649. The van der Waals surface area contributed by atoms with Gasteiger partial charge >= 0.3 is 0 Å². The Morgan fingerprint density at radius 2 is 1.97 bits per heavy atom. The number of carbonyl (C=O) groups excluding carboxylic acids is 1. The van der Waals surface area contributed by atoms with Crippen LogP contribution in [0.4, 0.5) is 5.95 Å². The monoisotopic (exact) mass is 425 g/mol. The highest BCUT2D eigenvalue weighted by Crippen LogP contribution is 2.43. The van der Waals surface area contributed by atoms with Crippen molar-refractivity contribution in [1.82, 2.24) is 14.8 Å². The van der Waals surface area contributed by atoms with Crippen molar-refractivity contribution in [3.05, 3.63) is 64.3 Å². The van der Waals surface area contributed by atoms with Crippen molar-refractivity contribution in [2.45, 2.75) is 13.0 Å². The van der Waals surface area contributed by atoms with Crippen molar-refractivity contribution >= 4 is 23.5 Å². The highest BCUT2D eigenvalue weighted by atomic mass is 35.5. The first-order chi connectivity index (χ1) is 14.4. The van der Waals surface area contributed by atoms with Gasteiger partial charge in [-0.05, 0) is 25.1 Å². The number of benzene rings is 2. The first kappa shape index (κ1) is 19.8. The maximum atomic E-state index is 12.4. The number of amides is 1. The van der Waals surface area contributed by atoms with Gasteiger partial charge in [0, 0.05) is 21.8 Å². The Morgan fingerprint density at radius 1 is 1.20 bits per heavy atom. The predicted octanol–water partition coefficient (Wildman–Crippen LogP) is 3.39. The Morgan fingerprint density at radius 3 is 2.63 bits per heavy atom. The van der Waals surface area contributed by atoms with Crippen LogP contribution in [0.5, 0.6) is 11.5 Å². The van der Waals surface area contributed by atoms with E-state index in [0.717, 1.165) is 5.56 Å². The second-order valence-electron chi connectivity index (χ2n) is 6.73. The van der Waals surface area contributed by atoms with E-state index in [1.807, 2.05) is 24.3 Å². The van der Waals surface area contributed by atoms with E-state index in [4.69, 9.17) is 26.8 Å². The molecule has 4 rings (SSSR count). The lowest BCUT2D eigenvalue weighted by Crippen LogP contribution is -2.32. The summed E-state index contributed by atoms with van der Waals surface area (Å²) in [6.45, 7) is 1.77. The van der Waals surface area contributed by atoms with E-state index in [0.29, 0.717) is 45.1 Å². The first-order valence-electron chi connectivity index (χ1n) is 9.15. The van der Waals surface area contributed by atoms with Crippen LogP contribution in [0.25, 0.3) is 11.4 Å². The van der Waals surface area contributed by atoms with Gasteiger partial charge < -0.3 is 20.5 Å². The summed E-state index contributed by atoms with van der Waals surface area (Å²) in [5.74, 6) is 1.39. The van der Waals surface area contributed by atoms with Crippen LogP contribution in [0.2, 0.25) is 5.02 Å². The molecule has 0 aliphatic carbocycles. The summed E-state index contributed by atoms with van der Waals surface area (Å²) in [5, 5.41) is 8.36. The molecule has 1 atom stereocenters. The Bertz CT molecular complexity index is 1170. The molecule has 1 aliphatic heterocycles. The van der Waals surface area contributed by atoms with Crippen LogP contribution < -0.4 is 20.5 Å². The molecule has 0 saturated heterocycles. The second-order valence-corrected chi connectivity index (χ2v) is 7.16. The Kier molecular flexibility index (Phi) is 5.09. The molecule has 0 saturated carbocycles. The summed E-state index contributed by atoms with van der Waals surface area (Å²) in [6.07, 6.45) is 0. The number of para-hydroxylation sites is 1. The van der Waals surface area contributed by atoms with Crippen LogP contribution in [0.3, 0.4) is 0 Å². The maximum absolute atomic E-state index is 12.4. The van der Waals surface area contributed by atoms with Crippen LogP contribution in [0.15, 0.2) is 53.7 Å². The molecule has 30 heavy (non-hydrogen) atoms. The van der Waals surface area contributed by atoms with E-state index in [1.165, 1.54) is 0 Å². The van der Waals surface area contributed by atoms with Gasteiger partial charge in [-0.25, -0.2) is 4.68 Å². The Labute approximate surface area is 178 Å². The number of allylic oxidation sites excluding steroid dienone is 1. The number of primary amides is 1. The second kappa shape index (κ2) is 7.72. The number of ether oxygens (including phenoxy) is 2. The zero-order chi connectivity index (χ0) is 21.4. The summed E-state index contributed by atoms with van der Waals surface area (Å²) in [5.41, 5.74) is 8.13. The van der Waals surface area contributed by atoms with Crippen LogP contribution in [-0.4, -0.2) is 34.9 Å². The molecule has 154 valence electrons. The molecule has 2 aromatic carbocycles. The zero-order valence-electron chi connectivity index (χ0n) is 16.6. The van der Waals surface area contributed by atoms with Gasteiger partial charge in [-0.1, -0.05) is 35.9 Å². The lowest BCUT2D eigenvalue weighted by molar-refractivity contribution is -0.115. The maximum Gasteiger partial charge on any atom is 0.248 e. The lowest BCUT2D eigenvalue weighted by Gasteiger charge is -2.29. The number of fused-ring (bicyclic) bond motifs is 1. The molecule has 0 spiro atoms. The molecular formula is C21H20ClN5O3. The Balaban J connectivity index is 1.94. The first-order valence-corrected chi connectivity index (χ1v) is 9.53. The number of methoxy groups -OCH3 is 2. The molecule has 2 heterocycles. The molecule has 0 unspecified atom stereocenters. The van der Waals surface area contributed by atoms with Gasteiger partial charge in [0.1, 0.15) is 6.04 Å². The number of carbonyl (C=O) groups is 1. The van der Waals surface area contributed by atoms with Gasteiger partial charge in [-0.15, -0.1) is 5.10 Å². The molecule has 0 bridgehead atoms. The molecule has 3 aromatic rings. The summed E-state index contributed by atoms with van der Waals surface area (Å²) < 4.78 is 12.7. The fraction of sp³-hybridized carbons (Fsp3) is 0.190. The van der Waals surface area contributed by atoms with Crippen molar-refractivity contribution < 1.29 is 14.3 Å². The van der Waals surface area contributed by atoms with E-state index in [9.17, 15) is 4.79 Å². The molecule has 8 nitrogen and oxygen atoms in total. The number of hydrogen-bond acceptors (Lipinski definition) is 6. The van der Waals surface area contributed by atoms with Gasteiger partial charge in [0.05, 0.1) is 19.8 Å². The number of halogens is 1. The van der Waals surface area contributed by atoms with Crippen molar-refractivity contribution in [2.75, 3.05) is 19.5 Å². The van der Waals surface area contributed by atoms with E-state index >= 15 is 0 Å². The number of nitrogens with zero attached hydrogens (tertiary/aromatic N) is 3. The van der Waals surface area contributed by atoms with Gasteiger partial charge in [0.25, 0.3) is 0 Å². The van der Waals surface area contributed by atoms with Crippen molar-refractivity contribution in [3.8, 4) is 22.9 Å². The lowest BCUT2D eigenvalue weighted by atomic mass is 9.94. The molecular weight excluding hydrogens is 406 g/mol. The minimum atomic E-state index is -0.649. The SMILES string of the molecule is COc1cccc([C@@H]2C(C(N)=O)=C(C)Nc3nc(-c4cccc(Cl)c4)nn32)c1OC. The summed E-state index contributed by atoms with van der Waals surface area (Å²) in [6, 6.07) is 12.0. The van der Waals surface area contributed by atoms with Gasteiger partial charge in [0.2, 0.25) is 11.9 Å². The molecule has 1 aliphatic rings. The van der Waals surface area contributed by atoms with E-state index in [2.05, 4.69) is 15.4 Å². The summed E-state index contributed by atoms with van der Waals surface area (Å²) >= 11 is 6.13. The molecule has 9 heteroatoms. The van der Waals surface area contributed by atoms with Gasteiger partial charge in [-0.2, -0.15) is 4.98 Å². The Hall–Kier alpha value is -3.52. The molecule has 0 fully saturated rings.